The molecule has 1 N–H and O–H groups in total. The largest absolute Gasteiger partial charge is 0.417 e. The van der Waals surface area contributed by atoms with Crippen LogP contribution in [0.15, 0.2) is 23.1 Å². The second-order valence-electron chi connectivity index (χ2n) is 6.28. The number of rotatable bonds is 3. The summed E-state index contributed by atoms with van der Waals surface area (Å²) in [6.07, 6.45) is -2.61. The van der Waals surface area contributed by atoms with E-state index in [2.05, 4.69) is 0 Å². The molecule has 1 aromatic rings. The first kappa shape index (κ1) is 17.5. The second kappa shape index (κ2) is 5.99. The normalized spacial score (nSPS) is 19.2. The molecule has 1 atom stereocenters. The fraction of sp³-hybridized carbons (Fsp3) is 0.600. The number of pyridine rings is 1. The van der Waals surface area contributed by atoms with Crippen LogP contribution in [-0.2, 0) is 17.5 Å². The number of halogens is 3. The summed E-state index contributed by atoms with van der Waals surface area (Å²) in [5.74, 6) is -0.476. The maximum atomic E-state index is 12.7. The third-order valence-corrected chi connectivity index (χ3v) is 4.01. The molecule has 2 heterocycles. The van der Waals surface area contributed by atoms with E-state index >= 15 is 0 Å². The molecular weight excluding hydrogens is 313 g/mol. The van der Waals surface area contributed by atoms with Gasteiger partial charge in [0.15, 0.2) is 0 Å². The zero-order valence-electron chi connectivity index (χ0n) is 12.9. The molecule has 1 aliphatic heterocycles. The molecule has 0 aliphatic carbocycles. The van der Waals surface area contributed by atoms with E-state index in [0.29, 0.717) is 31.6 Å². The Bertz CT molecular complexity index is 647. The number of aliphatic hydroxyl groups is 1. The minimum atomic E-state index is -4.58. The van der Waals surface area contributed by atoms with Crippen LogP contribution in [0.5, 0.6) is 0 Å². The lowest BCUT2D eigenvalue weighted by molar-refractivity contribution is -0.140. The van der Waals surface area contributed by atoms with Crippen molar-refractivity contribution < 1.29 is 23.1 Å². The van der Waals surface area contributed by atoms with Gasteiger partial charge in [0.1, 0.15) is 6.54 Å². The van der Waals surface area contributed by atoms with Crippen LogP contribution in [0.2, 0.25) is 0 Å². The summed E-state index contributed by atoms with van der Waals surface area (Å²) < 4.78 is 38.9. The molecule has 0 saturated carbocycles. The number of hydrogen-bond donors (Lipinski definition) is 1. The number of carbonyl (C=O) groups is 1. The second-order valence-corrected chi connectivity index (χ2v) is 6.28. The predicted octanol–water partition coefficient (Wildman–Crippen LogP) is 1.63. The maximum Gasteiger partial charge on any atom is 0.417 e. The highest BCUT2D eigenvalue weighted by molar-refractivity contribution is 5.76. The van der Waals surface area contributed by atoms with E-state index in [4.69, 9.17) is 0 Å². The van der Waals surface area contributed by atoms with Gasteiger partial charge in [0, 0.05) is 18.8 Å². The number of hydrogen-bond acceptors (Lipinski definition) is 3. The van der Waals surface area contributed by atoms with Crippen LogP contribution in [-0.4, -0.2) is 38.7 Å². The van der Waals surface area contributed by atoms with E-state index in [1.54, 1.807) is 13.8 Å². The lowest BCUT2D eigenvalue weighted by atomic mass is 9.96. The zero-order chi connectivity index (χ0) is 17.4. The van der Waals surface area contributed by atoms with Crippen LogP contribution in [0, 0.1) is 0 Å². The van der Waals surface area contributed by atoms with Gasteiger partial charge in [-0.25, -0.2) is 0 Å². The highest BCUT2D eigenvalue weighted by Gasteiger charge is 2.38. The average Bonchev–Trinajstić information content (AvgIpc) is 2.89. The van der Waals surface area contributed by atoms with Crippen molar-refractivity contribution in [1.82, 2.24) is 9.47 Å². The quantitative estimate of drug-likeness (QED) is 0.915. The van der Waals surface area contributed by atoms with Crippen LogP contribution in [0.25, 0.3) is 0 Å². The van der Waals surface area contributed by atoms with Gasteiger partial charge in [-0.15, -0.1) is 0 Å². The molecule has 1 unspecified atom stereocenters. The summed E-state index contributed by atoms with van der Waals surface area (Å²) >= 11 is 0. The Balaban J connectivity index is 2.22. The molecular formula is C15H19F3N2O3. The van der Waals surface area contributed by atoms with Crippen molar-refractivity contribution in [2.45, 2.75) is 51.1 Å². The number of carbonyl (C=O) groups excluding carboxylic acids is 1. The molecule has 128 valence electrons. The molecule has 1 saturated heterocycles. The summed E-state index contributed by atoms with van der Waals surface area (Å²) in [6.45, 7) is 3.11. The van der Waals surface area contributed by atoms with Gasteiger partial charge in [-0.05, 0) is 32.8 Å². The van der Waals surface area contributed by atoms with Crippen molar-refractivity contribution >= 4 is 5.91 Å². The molecule has 0 radical (unpaired) electrons. The fourth-order valence-corrected chi connectivity index (χ4v) is 2.86. The average molecular weight is 332 g/mol. The number of alkyl halides is 3. The van der Waals surface area contributed by atoms with E-state index < -0.39 is 41.4 Å². The van der Waals surface area contributed by atoms with Crippen LogP contribution >= 0.6 is 0 Å². The summed E-state index contributed by atoms with van der Waals surface area (Å²) in [7, 11) is 0. The minimum Gasteiger partial charge on any atom is -0.388 e. The van der Waals surface area contributed by atoms with Crippen LogP contribution in [0.1, 0.15) is 32.3 Å². The van der Waals surface area contributed by atoms with E-state index in [-0.39, 0.29) is 0 Å². The summed E-state index contributed by atoms with van der Waals surface area (Å²) in [5, 5.41) is 10.1. The van der Waals surface area contributed by atoms with Gasteiger partial charge < -0.3 is 14.6 Å². The molecule has 0 aromatic carbocycles. The minimum absolute atomic E-state index is 0.406. The molecule has 1 aromatic heterocycles. The predicted molar refractivity (Wildman–Crippen MR) is 76.7 cm³/mol. The van der Waals surface area contributed by atoms with Gasteiger partial charge >= 0.3 is 6.18 Å². The maximum absolute atomic E-state index is 12.7. The first-order valence-electron chi connectivity index (χ1n) is 7.29. The van der Waals surface area contributed by atoms with Crippen molar-refractivity contribution in [2.24, 2.45) is 0 Å². The Morgan fingerprint density at radius 1 is 1.35 bits per heavy atom. The van der Waals surface area contributed by atoms with Crippen molar-refractivity contribution in [3.63, 3.8) is 0 Å². The molecule has 1 fully saturated rings. The summed E-state index contributed by atoms with van der Waals surface area (Å²) in [4.78, 5) is 25.5. The molecule has 0 spiro atoms. The van der Waals surface area contributed by atoms with Gasteiger partial charge in [-0.1, -0.05) is 0 Å². The number of nitrogens with zero attached hydrogens (tertiary/aromatic N) is 2. The lowest BCUT2D eigenvalue weighted by Crippen LogP contribution is -2.49. The highest BCUT2D eigenvalue weighted by atomic mass is 19.4. The molecule has 1 amide bonds. The number of likely N-dealkylation sites (tertiary alicyclic amines) is 1. The Labute approximate surface area is 131 Å². The molecule has 5 nitrogen and oxygen atoms in total. The van der Waals surface area contributed by atoms with Gasteiger partial charge in [0.05, 0.1) is 17.2 Å². The van der Waals surface area contributed by atoms with Crippen LogP contribution < -0.4 is 5.56 Å². The standard InChI is InChI=1S/C15H19F3N2O3/c1-14(2,23)11-4-3-7-20(11)13(22)9-19-8-10(15(16,17)18)5-6-12(19)21/h5-6,8,11,23H,3-4,7,9H2,1-2H3. The number of aromatic nitrogens is 1. The Morgan fingerprint density at radius 2 is 2.00 bits per heavy atom. The van der Waals surface area contributed by atoms with Gasteiger partial charge in [0.2, 0.25) is 5.91 Å². The SMILES string of the molecule is CC(C)(O)C1CCCN1C(=O)Cn1cc(C(F)(F)F)ccc1=O. The van der Waals surface area contributed by atoms with Crippen molar-refractivity contribution in [1.29, 1.82) is 0 Å². The molecule has 2 rings (SSSR count). The smallest absolute Gasteiger partial charge is 0.388 e. The van der Waals surface area contributed by atoms with Crippen molar-refractivity contribution in [2.75, 3.05) is 6.54 Å². The van der Waals surface area contributed by atoms with E-state index in [1.165, 1.54) is 4.90 Å². The van der Waals surface area contributed by atoms with Crippen molar-refractivity contribution in [3.05, 3.63) is 34.2 Å². The van der Waals surface area contributed by atoms with E-state index in [9.17, 15) is 27.9 Å². The Kier molecular flexibility index (Phi) is 4.57. The van der Waals surface area contributed by atoms with Gasteiger partial charge in [-0.3, -0.25) is 9.59 Å². The third kappa shape index (κ3) is 3.93. The van der Waals surface area contributed by atoms with Gasteiger partial charge in [0.25, 0.3) is 5.56 Å². The summed E-state index contributed by atoms with van der Waals surface area (Å²) in [5.41, 5.74) is -2.76. The fourth-order valence-electron chi connectivity index (χ4n) is 2.86. The van der Waals surface area contributed by atoms with Crippen molar-refractivity contribution in [3.8, 4) is 0 Å². The molecule has 1 aliphatic rings. The molecule has 8 heteroatoms. The molecule has 23 heavy (non-hydrogen) atoms. The first-order chi connectivity index (χ1) is 10.5. The lowest BCUT2D eigenvalue weighted by Gasteiger charge is -2.34. The number of amides is 1. The summed E-state index contributed by atoms with van der Waals surface area (Å²) in [6, 6.07) is 1.09. The zero-order valence-corrected chi connectivity index (χ0v) is 12.9. The van der Waals surface area contributed by atoms with E-state index in [1.807, 2.05) is 0 Å². The Hall–Kier alpha value is -1.83. The molecule has 0 bridgehead atoms. The Morgan fingerprint density at radius 3 is 2.57 bits per heavy atom. The monoisotopic (exact) mass is 332 g/mol. The highest BCUT2D eigenvalue weighted by Crippen LogP contribution is 2.29. The van der Waals surface area contributed by atoms with Gasteiger partial charge in [-0.2, -0.15) is 13.2 Å². The van der Waals surface area contributed by atoms with Crippen LogP contribution in [0.3, 0.4) is 0 Å². The topological polar surface area (TPSA) is 62.5 Å². The van der Waals surface area contributed by atoms with Crippen LogP contribution in [0.4, 0.5) is 13.2 Å². The van der Waals surface area contributed by atoms with E-state index in [0.717, 1.165) is 10.6 Å². The third-order valence-electron chi connectivity index (χ3n) is 4.01. The first-order valence-corrected chi connectivity index (χ1v) is 7.29.